The van der Waals surface area contributed by atoms with E-state index in [2.05, 4.69) is 20.1 Å². The van der Waals surface area contributed by atoms with Crippen molar-refractivity contribution in [1.29, 1.82) is 5.26 Å². The van der Waals surface area contributed by atoms with Gasteiger partial charge in [0.15, 0.2) is 6.19 Å². The zero-order chi connectivity index (χ0) is 27.3. The molecular formula is C23H23Cl2F3N6O3. The molecule has 0 fully saturated rings. The number of nitriles is 1. The minimum atomic E-state index is -3.15. The van der Waals surface area contributed by atoms with Crippen LogP contribution in [0.15, 0.2) is 51.9 Å². The van der Waals surface area contributed by atoms with Crippen molar-refractivity contribution in [2.24, 2.45) is 16.0 Å². The van der Waals surface area contributed by atoms with Gasteiger partial charge in [-0.1, -0.05) is 36.2 Å². The predicted octanol–water partition coefficient (Wildman–Crippen LogP) is 3.64. The lowest BCUT2D eigenvalue weighted by atomic mass is 9.97. The number of hydrogen-bond donors (Lipinski definition) is 2. The summed E-state index contributed by atoms with van der Waals surface area (Å²) < 4.78 is 44.5. The monoisotopic (exact) mass is 558 g/mol. The molecule has 3 rings (SSSR count). The molecule has 2 N–H and O–H groups in total. The molecule has 0 aromatic heterocycles. The zero-order valence-corrected chi connectivity index (χ0v) is 21.2. The summed E-state index contributed by atoms with van der Waals surface area (Å²) in [5, 5.41) is 27.5. The molecule has 14 heteroatoms. The highest BCUT2D eigenvalue weighted by Crippen LogP contribution is 2.30. The lowest BCUT2D eigenvalue weighted by molar-refractivity contribution is -0.135. The molecule has 0 saturated heterocycles. The number of carbonyl (C=O) groups is 1. The second kappa shape index (κ2) is 12.3. The number of halogens is 5. The first-order valence-electron chi connectivity index (χ1n) is 11.1. The summed E-state index contributed by atoms with van der Waals surface area (Å²) in [4.78, 5) is 18.1. The average Bonchev–Trinajstić information content (AvgIpc) is 3.28. The molecule has 0 bridgehead atoms. The first-order valence-corrected chi connectivity index (χ1v) is 11.8. The molecule has 1 aliphatic heterocycles. The van der Waals surface area contributed by atoms with E-state index in [0.717, 1.165) is 12.2 Å². The van der Waals surface area contributed by atoms with Gasteiger partial charge in [0.25, 0.3) is 0 Å². The van der Waals surface area contributed by atoms with Gasteiger partial charge in [-0.3, -0.25) is 10.1 Å². The number of ether oxygens (including phenoxy) is 1. The van der Waals surface area contributed by atoms with Gasteiger partial charge >= 0.3 is 6.61 Å². The SMILES string of the molecule is CCN(C(=O)CO)C1CN(C(=NC2=CC(F)C(C)C(OC(F)F)=C2)NC#N)N=C1c1ccc(Cl)c(Cl)c1. The van der Waals surface area contributed by atoms with Gasteiger partial charge in [0, 0.05) is 24.1 Å². The van der Waals surface area contributed by atoms with Crippen molar-refractivity contribution in [3.63, 3.8) is 0 Å². The van der Waals surface area contributed by atoms with E-state index in [1.165, 1.54) is 16.8 Å². The van der Waals surface area contributed by atoms with E-state index in [1.54, 1.807) is 31.3 Å². The molecule has 2 aliphatic rings. The van der Waals surface area contributed by atoms with Crippen LogP contribution >= 0.6 is 23.2 Å². The minimum Gasteiger partial charge on any atom is -0.439 e. The molecule has 3 unspecified atom stereocenters. The van der Waals surface area contributed by atoms with Crippen molar-refractivity contribution in [3.05, 3.63) is 57.4 Å². The third-order valence-corrected chi connectivity index (χ3v) is 6.44. The highest BCUT2D eigenvalue weighted by Gasteiger charge is 2.36. The molecule has 0 radical (unpaired) electrons. The van der Waals surface area contributed by atoms with Crippen molar-refractivity contribution in [2.75, 3.05) is 19.7 Å². The maximum atomic E-state index is 14.5. The molecule has 1 aliphatic carbocycles. The van der Waals surface area contributed by atoms with Gasteiger partial charge in [-0.25, -0.2) is 14.4 Å². The molecule has 1 aromatic rings. The van der Waals surface area contributed by atoms with Crippen LogP contribution in [0.4, 0.5) is 13.2 Å². The number of nitrogens with one attached hydrogen (secondary N) is 1. The lowest BCUT2D eigenvalue weighted by Gasteiger charge is -2.28. The van der Waals surface area contributed by atoms with E-state index in [4.69, 9.17) is 23.2 Å². The van der Waals surface area contributed by atoms with Crippen molar-refractivity contribution >= 4 is 40.8 Å². The number of nitrogens with zero attached hydrogens (tertiary/aromatic N) is 5. The number of likely N-dealkylation sites (N-methyl/N-ethyl adjacent to an activating group) is 1. The number of guanidine groups is 1. The van der Waals surface area contributed by atoms with E-state index < -0.39 is 37.3 Å². The van der Waals surface area contributed by atoms with Gasteiger partial charge in [0.05, 0.1) is 34.0 Å². The van der Waals surface area contributed by atoms with Crippen LogP contribution in [-0.2, 0) is 9.53 Å². The van der Waals surface area contributed by atoms with Crippen molar-refractivity contribution in [1.82, 2.24) is 15.2 Å². The Bertz CT molecular complexity index is 1200. The molecule has 1 amide bonds. The van der Waals surface area contributed by atoms with E-state index in [9.17, 15) is 28.3 Å². The Balaban J connectivity index is 2.06. The summed E-state index contributed by atoms with van der Waals surface area (Å²) in [5.74, 6) is -1.98. The van der Waals surface area contributed by atoms with E-state index in [0.29, 0.717) is 16.3 Å². The third kappa shape index (κ3) is 6.54. The highest BCUT2D eigenvalue weighted by molar-refractivity contribution is 6.42. The zero-order valence-electron chi connectivity index (χ0n) is 19.7. The summed E-state index contributed by atoms with van der Waals surface area (Å²) in [6.07, 6.45) is 2.30. The van der Waals surface area contributed by atoms with Crippen LogP contribution in [0.1, 0.15) is 19.4 Å². The number of aliphatic hydroxyl groups excluding tert-OH is 1. The van der Waals surface area contributed by atoms with Crippen LogP contribution in [0.5, 0.6) is 0 Å². The number of alkyl halides is 3. The van der Waals surface area contributed by atoms with E-state index in [1.807, 2.05) is 0 Å². The van der Waals surface area contributed by atoms with E-state index in [-0.39, 0.29) is 35.5 Å². The summed E-state index contributed by atoms with van der Waals surface area (Å²) >= 11 is 12.2. The van der Waals surface area contributed by atoms with Gasteiger partial charge in [0.1, 0.15) is 18.5 Å². The van der Waals surface area contributed by atoms with Crippen molar-refractivity contribution < 1.29 is 27.8 Å². The fraction of sp³-hybridized carbons (Fsp3) is 0.391. The second-order valence-corrected chi connectivity index (χ2v) is 8.79. The third-order valence-electron chi connectivity index (χ3n) is 5.70. The molecule has 198 valence electrons. The van der Waals surface area contributed by atoms with Crippen molar-refractivity contribution in [2.45, 2.75) is 32.7 Å². The number of benzene rings is 1. The number of aliphatic hydroxyl groups is 1. The van der Waals surface area contributed by atoms with Crippen LogP contribution < -0.4 is 5.32 Å². The first kappa shape index (κ1) is 28.3. The topological polar surface area (TPSA) is 114 Å². The number of amides is 1. The van der Waals surface area contributed by atoms with Gasteiger partial charge in [-0.15, -0.1) is 0 Å². The Hall–Kier alpha value is -3.27. The first-order chi connectivity index (χ1) is 17.6. The van der Waals surface area contributed by atoms with Gasteiger partial charge in [-0.05, 0) is 25.1 Å². The summed E-state index contributed by atoms with van der Waals surface area (Å²) in [5.41, 5.74) is 0.804. The molecule has 0 saturated carbocycles. The Morgan fingerprint density at radius 3 is 2.76 bits per heavy atom. The number of hydrazone groups is 1. The normalized spacial score (nSPS) is 21.7. The van der Waals surface area contributed by atoms with Crippen LogP contribution in [0, 0.1) is 17.4 Å². The van der Waals surface area contributed by atoms with E-state index >= 15 is 0 Å². The molecule has 3 atom stereocenters. The lowest BCUT2D eigenvalue weighted by Crippen LogP contribution is -2.49. The number of carbonyl (C=O) groups excluding carboxylic acids is 1. The summed E-state index contributed by atoms with van der Waals surface area (Å²) in [6, 6.07) is 4.06. The quantitative estimate of drug-likeness (QED) is 0.228. The fourth-order valence-electron chi connectivity index (χ4n) is 3.86. The fourth-order valence-corrected chi connectivity index (χ4v) is 4.16. The van der Waals surface area contributed by atoms with Crippen molar-refractivity contribution in [3.8, 4) is 6.19 Å². The molecule has 1 aromatic carbocycles. The van der Waals surface area contributed by atoms with Gasteiger partial charge in [0.2, 0.25) is 11.9 Å². The Kier molecular flexibility index (Phi) is 9.42. The minimum absolute atomic E-state index is 0.00445. The maximum Gasteiger partial charge on any atom is 0.387 e. The Morgan fingerprint density at radius 2 is 2.16 bits per heavy atom. The van der Waals surface area contributed by atoms with Crippen LogP contribution in [0.3, 0.4) is 0 Å². The standard InChI is InChI=1S/C23H23Cl2F3N6O3/c1-3-33(20(36)10-35)18-9-34(32-21(18)13-4-5-15(24)16(25)6-13)23(30-11-29)31-14-7-17(26)12(2)19(8-14)37-22(27)28/h4-8,12,17-18,22,35H,3,9-10H2,1-2H3,(H,30,31). The molecular weight excluding hydrogens is 536 g/mol. The molecule has 37 heavy (non-hydrogen) atoms. The molecule has 9 nitrogen and oxygen atoms in total. The van der Waals surface area contributed by atoms with Crippen LogP contribution in [0.2, 0.25) is 10.0 Å². The Morgan fingerprint density at radius 1 is 1.43 bits per heavy atom. The maximum absolute atomic E-state index is 14.5. The number of rotatable bonds is 7. The van der Waals surface area contributed by atoms with Crippen LogP contribution in [0.25, 0.3) is 0 Å². The number of allylic oxidation sites excluding steroid dienone is 3. The Labute approximate surface area is 221 Å². The summed E-state index contributed by atoms with van der Waals surface area (Å²) in [6.45, 7) is -0.564. The summed E-state index contributed by atoms with van der Waals surface area (Å²) in [7, 11) is 0. The van der Waals surface area contributed by atoms with Crippen LogP contribution in [-0.4, -0.2) is 71.1 Å². The predicted molar refractivity (Wildman–Crippen MR) is 131 cm³/mol. The molecule has 0 spiro atoms. The second-order valence-electron chi connectivity index (χ2n) is 7.97. The number of aliphatic imine (C=N–C) groups is 1. The molecule has 1 heterocycles. The van der Waals surface area contributed by atoms with Gasteiger partial charge in [-0.2, -0.15) is 19.1 Å². The number of hydrogen-bond acceptors (Lipinski definition) is 6. The average molecular weight is 559 g/mol. The highest BCUT2D eigenvalue weighted by atomic mass is 35.5. The largest absolute Gasteiger partial charge is 0.439 e. The smallest absolute Gasteiger partial charge is 0.387 e. The van der Waals surface area contributed by atoms with Gasteiger partial charge < -0.3 is 14.7 Å².